The smallest absolute Gasteiger partial charge is 0.159 e. The van der Waals surface area contributed by atoms with Crippen LogP contribution in [0.3, 0.4) is 0 Å². The van der Waals surface area contributed by atoms with E-state index in [1.54, 1.807) is 12.4 Å². The Bertz CT molecular complexity index is 504. The Morgan fingerprint density at radius 2 is 1.67 bits per heavy atom. The summed E-state index contributed by atoms with van der Waals surface area (Å²) in [5, 5.41) is 0. The zero-order valence-corrected chi connectivity index (χ0v) is 10.4. The van der Waals surface area contributed by atoms with E-state index in [4.69, 9.17) is 0 Å². The largest absolute Gasteiger partial charge is 0.372 e. The molecule has 1 aliphatic heterocycles. The molecule has 18 heavy (non-hydrogen) atoms. The number of benzene rings is 1. The second kappa shape index (κ2) is 5.17. The molecule has 3 heteroatoms. The third kappa shape index (κ3) is 2.35. The van der Waals surface area contributed by atoms with Crippen molar-refractivity contribution in [2.75, 3.05) is 18.0 Å². The lowest BCUT2D eigenvalue weighted by atomic mass is 10.1. The molecule has 3 rings (SSSR count). The molecule has 92 valence electrons. The van der Waals surface area contributed by atoms with Crippen molar-refractivity contribution in [1.29, 1.82) is 0 Å². The van der Waals surface area contributed by atoms with E-state index in [-0.39, 0.29) is 0 Å². The van der Waals surface area contributed by atoms with E-state index < -0.39 is 0 Å². The molecule has 2 aromatic rings. The molecule has 0 unspecified atom stereocenters. The fraction of sp³-hybridized carbons (Fsp3) is 0.333. The molecule has 1 fully saturated rings. The van der Waals surface area contributed by atoms with Gasteiger partial charge in [0, 0.05) is 36.7 Å². The molecule has 1 aliphatic rings. The van der Waals surface area contributed by atoms with Crippen LogP contribution in [-0.4, -0.2) is 23.1 Å². The normalized spacial score (nSPS) is 15.7. The summed E-state index contributed by atoms with van der Waals surface area (Å²) in [4.78, 5) is 11.1. The zero-order valence-electron chi connectivity index (χ0n) is 10.4. The van der Waals surface area contributed by atoms with Crippen LogP contribution in [0, 0.1) is 0 Å². The average molecular weight is 239 g/mol. The minimum Gasteiger partial charge on any atom is -0.372 e. The first-order chi connectivity index (χ1) is 8.93. The number of piperidine rings is 1. The molecule has 1 aromatic heterocycles. The molecule has 0 bridgehead atoms. The minimum absolute atomic E-state index is 0.802. The van der Waals surface area contributed by atoms with Crippen LogP contribution in [0.15, 0.2) is 42.7 Å². The van der Waals surface area contributed by atoms with Gasteiger partial charge in [-0.25, -0.2) is 9.97 Å². The summed E-state index contributed by atoms with van der Waals surface area (Å²) in [5.74, 6) is 0.802. The third-order valence-corrected chi connectivity index (χ3v) is 3.39. The van der Waals surface area contributed by atoms with Crippen LogP contribution in [0.4, 0.5) is 5.69 Å². The van der Waals surface area contributed by atoms with Gasteiger partial charge in [-0.15, -0.1) is 0 Å². The monoisotopic (exact) mass is 239 g/mol. The number of rotatable bonds is 2. The highest BCUT2D eigenvalue weighted by Gasteiger charge is 2.11. The summed E-state index contributed by atoms with van der Waals surface area (Å²) in [6, 6.07) is 10.4. The fourth-order valence-corrected chi connectivity index (χ4v) is 2.44. The van der Waals surface area contributed by atoms with Crippen LogP contribution < -0.4 is 4.90 Å². The number of hydrogen-bond acceptors (Lipinski definition) is 3. The van der Waals surface area contributed by atoms with Crippen molar-refractivity contribution in [1.82, 2.24) is 9.97 Å². The van der Waals surface area contributed by atoms with Crippen molar-refractivity contribution in [3.63, 3.8) is 0 Å². The SMILES string of the molecule is c1cnc(-c2cccc(N3CCCCC3)c2)nc1. The number of nitrogens with zero attached hydrogens (tertiary/aromatic N) is 3. The molecule has 0 spiro atoms. The van der Waals surface area contributed by atoms with E-state index in [9.17, 15) is 0 Å². The summed E-state index contributed by atoms with van der Waals surface area (Å²) in [6.45, 7) is 2.33. The van der Waals surface area contributed by atoms with E-state index >= 15 is 0 Å². The maximum atomic E-state index is 4.31. The van der Waals surface area contributed by atoms with Crippen LogP contribution in [0.2, 0.25) is 0 Å². The Morgan fingerprint density at radius 3 is 2.44 bits per heavy atom. The van der Waals surface area contributed by atoms with Gasteiger partial charge in [-0.2, -0.15) is 0 Å². The molecule has 0 saturated carbocycles. The van der Waals surface area contributed by atoms with Crippen molar-refractivity contribution in [2.45, 2.75) is 19.3 Å². The molecule has 2 heterocycles. The second-order valence-electron chi connectivity index (χ2n) is 4.67. The fourth-order valence-electron chi connectivity index (χ4n) is 2.44. The first kappa shape index (κ1) is 11.2. The molecule has 1 aromatic carbocycles. The predicted octanol–water partition coefficient (Wildman–Crippen LogP) is 3.13. The molecular weight excluding hydrogens is 222 g/mol. The Kier molecular flexibility index (Phi) is 3.22. The first-order valence-electron chi connectivity index (χ1n) is 6.56. The number of aromatic nitrogens is 2. The highest BCUT2D eigenvalue weighted by molar-refractivity contribution is 5.63. The van der Waals surface area contributed by atoms with Crippen molar-refractivity contribution >= 4 is 5.69 Å². The van der Waals surface area contributed by atoms with Gasteiger partial charge in [0.05, 0.1) is 0 Å². The quantitative estimate of drug-likeness (QED) is 0.806. The van der Waals surface area contributed by atoms with Crippen LogP contribution in [-0.2, 0) is 0 Å². The maximum absolute atomic E-state index is 4.31. The average Bonchev–Trinajstić information content (AvgIpc) is 2.49. The van der Waals surface area contributed by atoms with Gasteiger partial charge in [0.2, 0.25) is 0 Å². The van der Waals surface area contributed by atoms with E-state index in [0.29, 0.717) is 0 Å². The molecule has 0 N–H and O–H groups in total. The van der Waals surface area contributed by atoms with Crippen molar-refractivity contribution in [3.05, 3.63) is 42.7 Å². The topological polar surface area (TPSA) is 29.0 Å². The standard InChI is InChI=1S/C15H17N3/c1-2-10-18(11-3-1)14-7-4-6-13(12-14)15-16-8-5-9-17-15/h4-9,12H,1-3,10-11H2. The van der Waals surface area contributed by atoms with Crippen LogP contribution in [0.25, 0.3) is 11.4 Å². The van der Waals surface area contributed by atoms with Gasteiger partial charge in [0.25, 0.3) is 0 Å². The lowest BCUT2D eigenvalue weighted by Crippen LogP contribution is -2.29. The second-order valence-corrected chi connectivity index (χ2v) is 4.67. The van der Waals surface area contributed by atoms with Crippen LogP contribution in [0.1, 0.15) is 19.3 Å². The zero-order chi connectivity index (χ0) is 12.2. The number of hydrogen-bond donors (Lipinski definition) is 0. The van der Waals surface area contributed by atoms with Gasteiger partial charge in [-0.3, -0.25) is 0 Å². The van der Waals surface area contributed by atoms with Crippen molar-refractivity contribution < 1.29 is 0 Å². The van der Waals surface area contributed by atoms with Gasteiger partial charge >= 0.3 is 0 Å². The van der Waals surface area contributed by atoms with Gasteiger partial charge in [-0.1, -0.05) is 12.1 Å². The van der Waals surface area contributed by atoms with Crippen LogP contribution >= 0.6 is 0 Å². The van der Waals surface area contributed by atoms with Gasteiger partial charge < -0.3 is 4.90 Å². The number of anilines is 1. The minimum atomic E-state index is 0.802. The summed E-state index contributed by atoms with van der Waals surface area (Å²) in [6.07, 6.45) is 7.53. The highest BCUT2D eigenvalue weighted by atomic mass is 15.1. The Balaban J connectivity index is 1.89. The van der Waals surface area contributed by atoms with E-state index in [2.05, 4.69) is 39.1 Å². The molecule has 0 radical (unpaired) electrons. The van der Waals surface area contributed by atoms with Gasteiger partial charge in [0.15, 0.2) is 5.82 Å². The summed E-state index contributed by atoms with van der Waals surface area (Å²) >= 11 is 0. The molecule has 1 saturated heterocycles. The predicted molar refractivity (Wildman–Crippen MR) is 73.5 cm³/mol. The Hall–Kier alpha value is -1.90. The lowest BCUT2D eigenvalue weighted by molar-refractivity contribution is 0.578. The first-order valence-corrected chi connectivity index (χ1v) is 6.56. The molecule has 0 aliphatic carbocycles. The molecule has 0 atom stereocenters. The Labute approximate surface area is 108 Å². The Morgan fingerprint density at radius 1 is 0.889 bits per heavy atom. The van der Waals surface area contributed by atoms with Crippen molar-refractivity contribution in [2.24, 2.45) is 0 Å². The van der Waals surface area contributed by atoms with E-state index in [1.165, 1.54) is 38.0 Å². The lowest BCUT2D eigenvalue weighted by Gasteiger charge is -2.29. The van der Waals surface area contributed by atoms with Gasteiger partial charge in [0.1, 0.15) is 0 Å². The molecule has 0 amide bonds. The summed E-state index contributed by atoms with van der Waals surface area (Å²) in [5.41, 5.74) is 2.39. The summed E-state index contributed by atoms with van der Waals surface area (Å²) < 4.78 is 0. The van der Waals surface area contributed by atoms with E-state index in [0.717, 1.165) is 11.4 Å². The molecule has 3 nitrogen and oxygen atoms in total. The third-order valence-electron chi connectivity index (χ3n) is 3.39. The maximum Gasteiger partial charge on any atom is 0.159 e. The highest BCUT2D eigenvalue weighted by Crippen LogP contribution is 2.24. The molecular formula is C15H17N3. The van der Waals surface area contributed by atoms with Crippen LogP contribution in [0.5, 0.6) is 0 Å². The van der Waals surface area contributed by atoms with E-state index in [1.807, 2.05) is 6.07 Å². The summed E-state index contributed by atoms with van der Waals surface area (Å²) in [7, 11) is 0. The van der Waals surface area contributed by atoms with Gasteiger partial charge in [-0.05, 0) is 37.5 Å². The van der Waals surface area contributed by atoms with Crippen molar-refractivity contribution in [3.8, 4) is 11.4 Å².